The molecule has 22 heavy (non-hydrogen) atoms. The number of nitrogens with one attached hydrogen (secondary N) is 1. The first-order valence-corrected chi connectivity index (χ1v) is 7.82. The number of hydrogen-bond acceptors (Lipinski definition) is 2. The predicted molar refractivity (Wildman–Crippen MR) is 89.3 cm³/mol. The zero-order valence-corrected chi connectivity index (χ0v) is 13.4. The molecule has 1 aromatic heterocycles. The average Bonchev–Trinajstić information content (AvgIpc) is 2.99. The second-order valence-corrected chi connectivity index (χ2v) is 6.40. The van der Waals surface area contributed by atoms with Crippen LogP contribution in [-0.2, 0) is 4.79 Å². The summed E-state index contributed by atoms with van der Waals surface area (Å²) in [5.41, 5.74) is 1.55. The molecule has 1 unspecified atom stereocenters. The lowest BCUT2D eigenvalue weighted by atomic mass is 9.84. The molecule has 3 rings (SSSR count). The van der Waals surface area contributed by atoms with Gasteiger partial charge < -0.3 is 9.88 Å². The van der Waals surface area contributed by atoms with Crippen molar-refractivity contribution in [1.29, 1.82) is 0 Å². The molecular formula is C18H23N3O. The van der Waals surface area contributed by atoms with E-state index in [9.17, 15) is 4.79 Å². The van der Waals surface area contributed by atoms with Gasteiger partial charge in [0.1, 0.15) is 0 Å². The molecular weight excluding hydrogens is 274 g/mol. The van der Waals surface area contributed by atoms with E-state index in [2.05, 4.69) is 24.1 Å². The Morgan fingerprint density at radius 3 is 2.32 bits per heavy atom. The maximum absolute atomic E-state index is 12.6. The second-order valence-electron chi connectivity index (χ2n) is 6.40. The van der Waals surface area contributed by atoms with Crippen LogP contribution in [0.15, 0.2) is 48.8 Å². The van der Waals surface area contributed by atoms with E-state index >= 15 is 0 Å². The topological polar surface area (TPSA) is 37.3 Å². The van der Waals surface area contributed by atoms with Crippen LogP contribution in [-0.4, -0.2) is 33.5 Å². The minimum absolute atomic E-state index is 0.0844. The summed E-state index contributed by atoms with van der Waals surface area (Å²) in [4.78, 5) is 14.8. The molecule has 2 aromatic rings. The van der Waals surface area contributed by atoms with E-state index in [1.54, 1.807) is 0 Å². The van der Waals surface area contributed by atoms with Crippen molar-refractivity contribution in [2.24, 2.45) is 0 Å². The van der Waals surface area contributed by atoms with Crippen LogP contribution in [0.3, 0.4) is 0 Å². The number of anilines is 1. The van der Waals surface area contributed by atoms with E-state index < -0.39 is 0 Å². The van der Waals surface area contributed by atoms with Crippen LogP contribution in [0, 0.1) is 0 Å². The summed E-state index contributed by atoms with van der Waals surface area (Å²) in [5.74, 6) is 0.0844. The van der Waals surface area contributed by atoms with Gasteiger partial charge in [-0.15, -0.1) is 0 Å². The molecule has 0 spiro atoms. The van der Waals surface area contributed by atoms with Crippen LogP contribution in [0.4, 0.5) is 5.69 Å². The lowest BCUT2D eigenvalue weighted by molar-refractivity contribution is -0.138. The van der Waals surface area contributed by atoms with Crippen molar-refractivity contribution in [1.82, 2.24) is 9.47 Å². The maximum Gasteiger partial charge on any atom is 0.244 e. The van der Waals surface area contributed by atoms with Crippen molar-refractivity contribution in [2.45, 2.75) is 38.8 Å². The first kappa shape index (κ1) is 14.9. The quantitative estimate of drug-likeness (QED) is 0.940. The summed E-state index contributed by atoms with van der Waals surface area (Å²) < 4.78 is 2.04. The number of carbonyl (C=O) groups excluding carboxylic acids is 1. The average molecular weight is 297 g/mol. The number of hydrogen-bond donors (Lipinski definition) is 1. The Balaban J connectivity index is 1.70. The first-order valence-electron chi connectivity index (χ1n) is 7.82. The van der Waals surface area contributed by atoms with E-state index in [0.29, 0.717) is 6.04 Å². The Bertz CT molecular complexity index is 645. The number of nitrogens with zero attached hydrogens (tertiary/aromatic N) is 2. The minimum Gasteiger partial charge on any atom is -0.324 e. The normalized spacial score (nSPS) is 21.6. The zero-order valence-electron chi connectivity index (χ0n) is 13.4. The summed E-state index contributed by atoms with van der Waals surface area (Å²) >= 11 is 0. The highest BCUT2D eigenvalue weighted by atomic mass is 16.2. The SMILES string of the molecule is CC(C)N1CCC1(C)C(=O)Nc1ccc(-n2cccc2)cc1. The van der Waals surface area contributed by atoms with Gasteiger partial charge in [0.2, 0.25) is 5.91 Å². The van der Waals surface area contributed by atoms with Crippen molar-refractivity contribution < 1.29 is 4.79 Å². The predicted octanol–water partition coefficient (Wildman–Crippen LogP) is 3.29. The fourth-order valence-electron chi connectivity index (χ4n) is 3.14. The third-order valence-corrected chi connectivity index (χ3v) is 4.61. The van der Waals surface area contributed by atoms with E-state index in [1.807, 2.05) is 60.3 Å². The van der Waals surface area contributed by atoms with Gasteiger partial charge in [0.25, 0.3) is 0 Å². The number of aromatic nitrogens is 1. The van der Waals surface area contributed by atoms with Crippen LogP contribution in [0.1, 0.15) is 27.2 Å². The Morgan fingerprint density at radius 1 is 1.18 bits per heavy atom. The molecule has 1 saturated heterocycles. The van der Waals surface area contributed by atoms with Gasteiger partial charge in [-0.2, -0.15) is 0 Å². The molecule has 4 nitrogen and oxygen atoms in total. The largest absolute Gasteiger partial charge is 0.324 e. The highest BCUT2D eigenvalue weighted by Crippen LogP contribution is 2.33. The molecule has 1 aromatic carbocycles. The van der Waals surface area contributed by atoms with Gasteiger partial charge in [0, 0.05) is 36.4 Å². The third-order valence-electron chi connectivity index (χ3n) is 4.61. The minimum atomic E-state index is -0.382. The summed E-state index contributed by atoms with van der Waals surface area (Å²) in [6.07, 6.45) is 4.92. The van der Waals surface area contributed by atoms with Crippen LogP contribution in [0.2, 0.25) is 0 Å². The van der Waals surface area contributed by atoms with Gasteiger partial charge in [0.15, 0.2) is 0 Å². The number of rotatable bonds is 4. The van der Waals surface area contributed by atoms with Crippen molar-refractivity contribution in [2.75, 3.05) is 11.9 Å². The van der Waals surface area contributed by atoms with Gasteiger partial charge in [0.05, 0.1) is 5.54 Å². The van der Waals surface area contributed by atoms with Gasteiger partial charge in [-0.1, -0.05) is 0 Å². The smallest absolute Gasteiger partial charge is 0.244 e. The van der Waals surface area contributed by atoms with Crippen molar-refractivity contribution in [3.05, 3.63) is 48.8 Å². The highest BCUT2D eigenvalue weighted by Gasteiger charge is 2.47. The van der Waals surface area contributed by atoms with Crippen LogP contribution < -0.4 is 5.32 Å². The molecule has 1 atom stereocenters. The van der Waals surface area contributed by atoms with Gasteiger partial charge in [-0.05, 0) is 63.6 Å². The van der Waals surface area contributed by atoms with E-state index in [4.69, 9.17) is 0 Å². The lowest BCUT2D eigenvalue weighted by Crippen LogP contribution is -2.66. The number of likely N-dealkylation sites (tertiary alicyclic amines) is 1. The molecule has 0 bridgehead atoms. The van der Waals surface area contributed by atoms with Crippen molar-refractivity contribution in [3.63, 3.8) is 0 Å². The van der Waals surface area contributed by atoms with Crippen LogP contribution >= 0.6 is 0 Å². The Morgan fingerprint density at radius 2 is 1.82 bits per heavy atom. The van der Waals surface area contributed by atoms with Gasteiger partial charge >= 0.3 is 0 Å². The molecule has 116 valence electrons. The monoisotopic (exact) mass is 297 g/mol. The lowest BCUT2D eigenvalue weighted by Gasteiger charge is -2.51. The fraction of sp³-hybridized carbons (Fsp3) is 0.389. The molecule has 1 N–H and O–H groups in total. The van der Waals surface area contributed by atoms with Crippen LogP contribution in [0.25, 0.3) is 5.69 Å². The molecule has 2 heterocycles. The van der Waals surface area contributed by atoms with Gasteiger partial charge in [-0.25, -0.2) is 0 Å². The Labute approximate surface area is 131 Å². The molecule has 0 radical (unpaired) electrons. The Kier molecular flexibility index (Phi) is 3.79. The molecule has 1 amide bonds. The standard InChI is InChI=1S/C18H23N3O/c1-14(2)21-13-10-18(21,3)17(22)19-15-6-8-16(9-7-15)20-11-4-5-12-20/h4-9,11-12,14H,10,13H2,1-3H3,(H,19,22). The number of carbonyl (C=O) groups is 1. The van der Waals surface area contributed by atoms with E-state index in [1.165, 1.54) is 0 Å². The molecule has 1 aliphatic rings. The number of benzene rings is 1. The van der Waals surface area contributed by atoms with Crippen molar-refractivity contribution in [3.8, 4) is 5.69 Å². The molecule has 1 aliphatic heterocycles. The van der Waals surface area contributed by atoms with Crippen molar-refractivity contribution >= 4 is 11.6 Å². The number of amides is 1. The van der Waals surface area contributed by atoms with Crippen LogP contribution in [0.5, 0.6) is 0 Å². The fourth-order valence-corrected chi connectivity index (χ4v) is 3.14. The highest BCUT2D eigenvalue weighted by molar-refractivity contribution is 5.98. The summed E-state index contributed by atoms with van der Waals surface area (Å²) in [7, 11) is 0. The van der Waals surface area contributed by atoms with E-state index in [0.717, 1.165) is 24.3 Å². The summed E-state index contributed by atoms with van der Waals surface area (Å²) in [6, 6.07) is 12.3. The van der Waals surface area contributed by atoms with E-state index in [-0.39, 0.29) is 11.4 Å². The molecule has 1 fully saturated rings. The maximum atomic E-state index is 12.6. The van der Waals surface area contributed by atoms with Gasteiger partial charge in [-0.3, -0.25) is 9.69 Å². The molecule has 0 saturated carbocycles. The summed E-state index contributed by atoms with van der Waals surface area (Å²) in [5, 5.41) is 3.05. The summed E-state index contributed by atoms with van der Waals surface area (Å²) in [6.45, 7) is 7.29. The third kappa shape index (κ3) is 2.55. The molecule has 4 heteroatoms. The zero-order chi connectivity index (χ0) is 15.7. The first-order chi connectivity index (χ1) is 10.5. The Hall–Kier alpha value is -2.07. The second kappa shape index (κ2) is 5.61. The molecule has 0 aliphatic carbocycles.